The number of aliphatic hydroxyl groups is 1. The Kier molecular flexibility index (Phi) is 3.18. The molecule has 0 aliphatic carbocycles. The second kappa shape index (κ2) is 4.75. The van der Waals surface area contributed by atoms with E-state index in [4.69, 9.17) is 11.6 Å². The first-order valence-electron chi connectivity index (χ1n) is 6.59. The van der Waals surface area contributed by atoms with Crippen LogP contribution in [0.15, 0.2) is 12.1 Å². The van der Waals surface area contributed by atoms with Gasteiger partial charge in [-0.05, 0) is 24.5 Å². The van der Waals surface area contributed by atoms with E-state index in [1.54, 1.807) is 6.07 Å². The Morgan fingerprint density at radius 2 is 2.15 bits per heavy atom. The van der Waals surface area contributed by atoms with Gasteiger partial charge in [0, 0.05) is 13.1 Å². The Morgan fingerprint density at radius 3 is 2.85 bits per heavy atom. The average molecular weight is 295 g/mol. The number of amides is 1. The van der Waals surface area contributed by atoms with Gasteiger partial charge in [0.1, 0.15) is 0 Å². The third-order valence-electron chi connectivity index (χ3n) is 4.05. The van der Waals surface area contributed by atoms with Crippen LogP contribution in [0.3, 0.4) is 0 Å². The first kappa shape index (κ1) is 13.4. The molecule has 106 valence electrons. The van der Waals surface area contributed by atoms with Crippen molar-refractivity contribution in [2.24, 2.45) is 5.92 Å². The second-order valence-electron chi connectivity index (χ2n) is 5.41. The number of carbonyl (C=O) groups is 2. The summed E-state index contributed by atoms with van der Waals surface area (Å²) in [6, 6.07) is 3.24. The van der Waals surface area contributed by atoms with E-state index in [9.17, 15) is 14.7 Å². The van der Waals surface area contributed by atoms with Crippen molar-refractivity contribution in [3.05, 3.63) is 22.7 Å². The van der Waals surface area contributed by atoms with Crippen LogP contribution in [0, 0.1) is 5.92 Å². The van der Waals surface area contributed by atoms with Crippen molar-refractivity contribution < 1.29 is 14.7 Å². The molecular formula is C14H15ClN2O3. The third-order valence-corrected chi connectivity index (χ3v) is 4.35. The number of aliphatic hydroxyl groups excluding tert-OH is 1. The molecule has 0 aromatic heterocycles. The number of nitrogens with one attached hydrogen (secondary N) is 1. The molecule has 0 bridgehead atoms. The van der Waals surface area contributed by atoms with E-state index < -0.39 is 17.8 Å². The van der Waals surface area contributed by atoms with E-state index >= 15 is 0 Å². The van der Waals surface area contributed by atoms with Gasteiger partial charge in [-0.15, -0.1) is 0 Å². The van der Waals surface area contributed by atoms with Gasteiger partial charge >= 0.3 is 0 Å². The molecule has 2 aliphatic rings. The summed E-state index contributed by atoms with van der Waals surface area (Å²) in [6.07, 6.45) is 0.476. The van der Waals surface area contributed by atoms with Gasteiger partial charge in [0.25, 0.3) is 11.7 Å². The first-order chi connectivity index (χ1) is 9.47. The number of rotatable bonds is 1. The van der Waals surface area contributed by atoms with E-state index in [1.165, 1.54) is 6.07 Å². The number of anilines is 2. The molecule has 1 aromatic carbocycles. The number of fused-ring (bicyclic) bond motifs is 1. The summed E-state index contributed by atoms with van der Waals surface area (Å²) in [5.41, 5.74) is 1.55. The molecule has 1 saturated heterocycles. The van der Waals surface area contributed by atoms with Crippen molar-refractivity contribution in [2.75, 3.05) is 23.3 Å². The van der Waals surface area contributed by atoms with Gasteiger partial charge in [-0.3, -0.25) is 9.59 Å². The van der Waals surface area contributed by atoms with Crippen LogP contribution in [-0.2, 0) is 4.79 Å². The Labute approximate surface area is 121 Å². The molecule has 6 heteroatoms. The Bertz CT molecular complexity index is 602. The minimum absolute atomic E-state index is 0.265. The van der Waals surface area contributed by atoms with Crippen molar-refractivity contribution in [3.63, 3.8) is 0 Å². The van der Waals surface area contributed by atoms with E-state index in [0.717, 1.165) is 18.7 Å². The number of hydrogen-bond donors (Lipinski definition) is 2. The normalized spacial score (nSPS) is 25.6. The highest BCUT2D eigenvalue weighted by Gasteiger charge is 2.31. The summed E-state index contributed by atoms with van der Waals surface area (Å²) >= 11 is 6.22. The van der Waals surface area contributed by atoms with Crippen LogP contribution in [0.25, 0.3) is 0 Å². The van der Waals surface area contributed by atoms with Crippen LogP contribution in [-0.4, -0.2) is 36.0 Å². The van der Waals surface area contributed by atoms with Crippen LogP contribution < -0.4 is 10.2 Å². The molecule has 2 aliphatic heterocycles. The van der Waals surface area contributed by atoms with Crippen LogP contribution in [0.2, 0.25) is 5.02 Å². The summed E-state index contributed by atoms with van der Waals surface area (Å²) in [4.78, 5) is 25.0. The molecule has 1 fully saturated rings. The van der Waals surface area contributed by atoms with Crippen molar-refractivity contribution >= 4 is 34.7 Å². The summed E-state index contributed by atoms with van der Waals surface area (Å²) in [6.45, 7) is 3.31. The van der Waals surface area contributed by atoms with Gasteiger partial charge in [0.05, 0.1) is 28.1 Å². The number of ketones is 1. The zero-order chi connectivity index (χ0) is 14.4. The van der Waals surface area contributed by atoms with Crippen molar-refractivity contribution in [1.82, 2.24) is 0 Å². The van der Waals surface area contributed by atoms with Crippen LogP contribution in [0.4, 0.5) is 11.4 Å². The van der Waals surface area contributed by atoms with Crippen LogP contribution >= 0.6 is 11.6 Å². The lowest BCUT2D eigenvalue weighted by Gasteiger charge is -2.36. The highest BCUT2D eigenvalue weighted by atomic mass is 35.5. The number of hydrogen-bond acceptors (Lipinski definition) is 4. The lowest BCUT2D eigenvalue weighted by molar-refractivity contribution is -0.112. The van der Waals surface area contributed by atoms with Gasteiger partial charge in [-0.1, -0.05) is 18.5 Å². The molecule has 5 nitrogen and oxygen atoms in total. The summed E-state index contributed by atoms with van der Waals surface area (Å²) in [5, 5.41) is 12.9. The number of halogens is 1. The van der Waals surface area contributed by atoms with E-state index in [0.29, 0.717) is 22.8 Å². The molecular weight excluding hydrogens is 280 g/mol. The van der Waals surface area contributed by atoms with Gasteiger partial charge in [0.15, 0.2) is 0 Å². The molecule has 3 rings (SSSR count). The maximum absolute atomic E-state index is 11.6. The minimum Gasteiger partial charge on any atom is -0.391 e. The molecule has 1 amide bonds. The highest BCUT2D eigenvalue weighted by Crippen LogP contribution is 2.36. The minimum atomic E-state index is -0.625. The first-order valence-corrected chi connectivity index (χ1v) is 6.97. The van der Waals surface area contributed by atoms with Gasteiger partial charge < -0.3 is 15.3 Å². The summed E-state index contributed by atoms with van der Waals surface area (Å²) in [7, 11) is 0. The number of piperidine rings is 1. The van der Waals surface area contributed by atoms with Gasteiger partial charge in [0.2, 0.25) is 0 Å². The lowest BCUT2D eigenvalue weighted by atomic mass is 9.95. The van der Waals surface area contributed by atoms with E-state index in [1.807, 2.05) is 11.8 Å². The highest BCUT2D eigenvalue weighted by molar-refractivity contribution is 6.52. The number of β-amino-alcohol motifs (C(OH)–C–C–N with tert-alkyl or cyclic N) is 1. The molecule has 20 heavy (non-hydrogen) atoms. The SMILES string of the molecule is CC1CCN(c2cc3c(cc2Cl)C(=O)C(=O)N3)CC1O. The predicted molar refractivity (Wildman–Crippen MR) is 76.4 cm³/mol. The molecule has 2 atom stereocenters. The molecule has 0 spiro atoms. The number of benzene rings is 1. The summed E-state index contributed by atoms with van der Waals surface area (Å²) in [5.74, 6) is -0.915. The fourth-order valence-electron chi connectivity index (χ4n) is 2.66. The molecule has 2 unspecified atom stereocenters. The summed E-state index contributed by atoms with van der Waals surface area (Å²) < 4.78 is 0. The van der Waals surface area contributed by atoms with Crippen molar-refractivity contribution in [1.29, 1.82) is 0 Å². The fourth-order valence-corrected chi connectivity index (χ4v) is 2.95. The van der Waals surface area contributed by atoms with E-state index in [2.05, 4.69) is 5.32 Å². The maximum Gasteiger partial charge on any atom is 0.296 e. The average Bonchev–Trinajstić information content (AvgIpc) is 2.68. The largest absolute Gasteiger partial charge is 0.391 e. The van der Waals surface area contributed by atoms with E-state index in [-0.39, 0.29) is 5.92 Å². The number of Topliss-reactive ketones (excluding diaryl/α,β-unsaturated/α-hetero) is 1. The zero-order valence-corrected chi connectivity index (χ0v) is 11.8. The van der Waals surface area contributed by atoms with Crippen molar-refractivity contribution in [2.45, 2.75) is 19.4 Å². The monoisotopic (exact) mass is 294 g/mol. The fraction of sp³-hybridized carbons (Fsp3) is 0.429. The predicted octanol–water partition coefficient (Wildman–Crippen LogP) is 1.68. The number of carbonyl (C=O) groups excluding carboxylic acids is 2. The van der Waals surface area contributed by atoms with Crippen LogP contribution in [0.5, 0.6) is 0 Å². The zero-order valence-electron chi connectivity index (χ0n) is 11.0. The lowest BCUT2D eigenvalue weighted by Crippen LogP contribution is -2.43. The molecule has 0 radical (unpaired) electrons. The van der Waals surface area contributed by atoms with Gasteiger partial charge in [-0.25, -0.2) is 0 Å². The quantitative estimate of drug-likeness (QED) is 0.773. The third kappa shape index (κ3) is 2.07. The molecule has 0 saturated carbocycles. The second-order valence-corrected chi connectivity index (χ2v) is 5.82. The van der Waals surface area contributed by atoms with Crippen molar-refractivity contribution in [3.8, 4) is 0 Å². The molecule has 2 N–H and O–H groups in total. The Balaban J connectivity index is 1.94. The smallest absolute Gasteiger partial charge is 0.296 e. The van der Waals surface area contributed by atoms with Gasteiger partial charge in [-0.2, -0.15) is 0 Å². The Hall–Kier alpha value is -1.59. The topological polar surface area (TPSA) is 69.6 Å². The standard InChI is InChI=1S/C14H15ClN2O3/c1-7-2-3-17(6-12(7)18)11-5-10-8(4-9(11)15)13(19)14(20)16-10/h4-5,7,12,18H,2-3,6H2,1H3,(H,16,19,20). The van der Waals surface area contributed by atoms with Crippen LogP contribution in [0.1, 0.15) is 23.7 Å². The molecule has 2 heterocycles. The molecule has 1 aromatic rings. The number of nitrogens with zero attached hydrogens (tertiary/aromatic N) is 1. The maximum atomic E-state index is 11.6. The Morgan fingerprint density at radius 1 is 1.40 bits per heavy atom.